The number of carbonyl (C=O) groups excluding carboxylic acids is 1. The van der Waals surface area contributed by atoms with Crippen molar-refractivity contribution in [3.63, 3.8) is 0 Å². The highest BCUT2D eigenvalue weighted by molar-refractivity contribution is 5.77. The number of carbonyl (C=O) groups is 1. The zero-order valence-corrected chi connectivity index (χ0v) is 10.8. The molecule has 2 heterocycles. The van der Waals surface area contributed by atoms with Gasteiger partial charge in [-0.1, -0.05) is 0 Å². The van der Waals surface area contributed by atoms with Crippen molar-refractivity contribution >= 4 is 5.97 Å². The fourth-order valence-corrected chi connectivity index (χ4v) is 2.66. The van der Waals surface area contributed by atoms with Crippen molar-refractivity contribution in [3.05, 3.63) is 0 Å². The molecule has 2 unspecified atom stereocenters. The van der Waals surface area contributed by atoms with Crippen molar-refractivity contribution in [1.82, 2.24) is 4.90 Å². The first kappa shape index (κ1) is 12.8. The summed E-state index contributed by atoms with van der Waals surface area (Å²) in [5.41, 5.74) is 5.23. The van der Waals surface area contributed by atoms with Gasteiger partial charge in [0, 0.05) is 25.7 Å². The van der Waals surface area contributed by atoms with Crippen LogP contribution in [0.4, 0.5) is 0 Å². The van der Waals surface area contributed by atoms with Gasteiger partial charge in [0.25, 0.3) is 0 Å². The predicted octanol–water partition coefficient (Wildman–Crippen LogP) is 0.334. The minimum atomic E-state index is -0.464. The first-order valence-corrected chi connectivity index (χ1v) is 6.21. The van der Waals surface area contributed by atoms with Crippen molar-refractivity contribution in [3.8, 4) is 0 Å². The number of ether oxygens (including phenoxy) is 2. The summed E-state index contributed by atoms with van der Waals surface area (Å²) < 4.78 is 11.1. The number of esters is 1. The first-order chi connectivity index (χ1) is 7.92. The molecule has 17 heavy (non-hydrogen) atoms. The quantitative estimate of drug-likeness (QED) is 0.707. The molecule has 5 heteroatoms. The van der Waals surface area contributed by atoms with Crippen molar-refractivity contribution in [1.29, 1.82) is 0 Å². The van der Waals surface area contributed by atoms with E-state index in [9.17, 15) is 4.79 Å². The van der Waals surface area contributed by atoms with E-state index in [0.717, 1.165) is 19.6 Å². The van der Waals surface area contributed by atoms with Gasteiger partial charge in [-0.3, -0.25) is 9.69 Å². The number of hydrogen-bond donors (Lipinski definition) is 1. The third-order valence-corrected chi connectivity index (χ3v) is 3.32. The lowest BCUT2D eigenvalue weighted by Gasteiger charge is -2.28. The van der Waals surface area contributed by atoms with Gasteiger partial charge in [-0.25, -0.2) is 0 Å². The molecule has 0 aromatic heterocycles. The second-order valence-corrected chi connectivity index (χ2v) is 5.82. The van der Waals surface area contributed by atoms with Crippen LogP contribution < -0.4 is 5.73 Å². The summed E-state index contributed by atoms with van der Waals surface area (Å²) in [6.07, 6.45) is 0.980. The minimum Gasteiger partial charge on any atom is -0.459 e. The average molecular weight is 242 g/mol. The zero-order valence-electron chi connectivity index (χ0n) is 10.8. The molecule has 0 aromatic rings. The van der Waals surface area contributed by atoms with Gasteiger partial charge in [-0.05, 0) is 27.2 Å². The van der Waals surface area contributed by atoms with E-state index in [0.29, 0.717) is 12.6 Å². The second kappa shape index (κ2) is 4.55. The summed E-state index contributed by atoms with van der Waals surface area (Å²) in [6, 6.07) is -0.327. The van der Waals surface area contributed by atoms with Gasteiger partial charge in [-0.15, -0.1) is 0 Å². The predicted molar refractivity (Wildman–Crippen MR) is 63.2 cm³/mol. The molecule has 2 saturated heterocycles. The number of nitrogens with two attached hydrogens (primary N) is 1. The summed E-state index contributed by atoms with van der Waals surface area (Å²) in [4.78, 5) is 14.1. The molecule has 0 aliphatic carbocycles. The van der Waals surface area contributed by atoms with E-state index in [4.69, 9.17) is 15.2 Å². The van der Waals surface area contributed by atoms with Gasteiger partial charge in [0.05, 0.1) is 6.10 Å². The molecule has 2 rings (SSSR count). The highest BCUT2D eigenvalue weighted by Crippen LogP contribution is 2.34. The van der Waals surface area contributed by atoms with Crippen LogP contribution in [0.2, 0.25) is 0 Å². The van der Waals surface area contributed by atoms with E-state index < -0.39 is 5.60 Å². The molecule has 3 atom stereocenters. The molecule has 2 aliphatic heterocycles. The van der Waals surface area contributed by atoms with Crippen molar-refractivity contribution in [2.75, 3.05) is 19.8 Å². The molecule has 0 bridgehead atoms. The van der Waals surface area contributed by atoms with Crippen LogP contribution in [0, 0.1) is 5.92 Å². The standard InChI is InChI=1S/C12H22N2O3/c1-12(2,3)17-11(15)9-10-8(4-5-16-10)6-14(9)7-13/h8-10H,4-7,13H2,1-3H3/t8?,9-,10?/m0/s1. The van der Waals surface area contributed by atoms with Crippen molar-refractivity contribution in [2.24, 2.45) is 11.7 Å². The average Bonchev–Trinajstić information content (AvgIpc) is 2.71. The maximum atomic E-state index is 12.2. The largest absolute Gasteiger partial charge is 0.459 e. The lowest BCUT2D eigenvalue weighted by Crippen LogP contribution is -2.47. The number of fused-ring (bicyclic) bond motifs is 1. The van der Waals surface area contributed by atoms with Crippen LogP contribution in [0.25, 0.3) is 0 Å². The first-order valence-electron chi connectivity index (χ1n) is 6.21. The van der Waals surface area contributed by atoms with E-state index in [-0.39, 0.29) is 18.1 Å². The molecule has 2 aliphatic rings. The van der Waals surface area contributed by atoms with Gasteiger partial charge in [0.1, 0.15) is 11.6 Å². The summed E-state index contributed by atoms with van der Waals surface area (Å²) in [5.74, 6) is 0.216. The Hall–Kier alpha value is -0.650. The number of hydrogen-bond acceptors (Lipinski definition) is 5. The molecule has 0 saturated carbocycles. The smallest absolute Gasteiger partial charge is 0.326 e. The Bertz CT molecular complexity index is 301. The van der Waals surface area contributed by atoms with E-state index in [1.54, 1.807) is 0 Å². The molecule has 2 fully saturated rings. The Morgan fingerprint density at radius 2 is 2.24 bits per heavy atom. The molecular formula is C12H22N2O3. The molecule has 5 nitrogen and oxygen atoms in total. The second-order valence-electron chi connectivity index (χ2n) is 5.82. The highest BCUT2D eigenvalue weighted by Gasteiger charge is 2.49. The normalized spacial score (nSPS) is 33.8. The molecule has 0 spiro atoms. The van der Waals surface area contributed by atoms with Crippen LogP contribution in [-0.4, -0.2) is 48.4 Å². The SMILES string of the molecule is CC(C)(C)OC(=O)[C@@H]1C2OCCC2CN1CN. The minimum absolute atomic E-state index is 0.0339. The van der Waals surface area contributed by atoms with Crippen LogP contribution in [-0.2, 0) is 14.3 Å². The third-order valence-electron chi connectivity index (χ3n) is 3.32. The molecule has 0 radical (unpaired) electrons. The molecular weight excluding hydrogens is 220 g/mol. The van der Waals surface area contributed by atoms with Gasteiger partial charge < -0.3 is 15.2 Å². The van der Waals surface area contributed by atoms with E-state index in [1.807, 2.05) is 25.7 Å². The van der Waals surface area contributed by atoms with Gasteiger partial charge >= 0.3 is 5.97 Å². The van der Waals surface area contributed by atoms with Crippen LogP contribution in [0.3, 0.4) is 0 Å². The van der Waals surface area contributed by atoms with Gasteiger partial charge in [0.2, 0.25) is 0 Å². The summed E-state index contributed by atoms with van der Waals surface area (Å²) in [6.45, 7) is 7.58. The maximum Gasteiger partial charge on any atom is 0.326 e. The third kappa shape index (κ3) is 2.61. The van der Waals surface area contributed by atoms with Crippen LogP contribution in [0.5, 0.6) is 0 Å². The fraction of sp³-hybridized carbons (Fsp3) is 0.917. The van der Waals surface area contributed by atoms with Crippen molar-refractivity contribution < 1.29 is 14.3 Å². The Labute approximate surface area is 102 Å². The number of nitrogens with zero attached hydrogens (tertiary/aromatic N) is 1. The van der Waals surface area contributed by atoms with E-state index in [2.05, 4.69) is 0 Å². The Morgan fingerprint density at radius 1 is 1.53 bits per heavy atom. The van der Waals surface area contributed by atoms with Crippen LogP contribution in [0.1, 0.15) is 27.2 Å². The zero-order chi connectivity index (χ0) is 12.6. The van der Waals surface area contributed by atoms with Gasteiger partial charge in [-0.2, -0.15) is 0 Å². The van der Waals surface area contributed by atoms with Crippen molar-refractivity contribution in [2.45, 2.75) is 44.9 Å². The van der Waals surface area contributed by atoms with Crippen LogP contribution in [0.15, 0.2) is 0 Å². The molecule has 0 amide bonds. The Kier molecular flexibility index (Phi) is 3.43. The number of likely N-dealkylation sites (tertiary alicyclic amines) is 1. The fourth-order valence-electron chi connectivity index (χ4n) is 2.66. The topological polar surface area (TPSA) is 64.8 Å². The van der Waals surface area contributed by atoms with Crippen LogP contribution >= 0.6 is 0 Å². The molecule has 2 N–H and O–H groups in total. The Balaban J connectivity index is 2.08. The summed E-state index contributed by atoms with van der Waals surface area (Å²) in [5, 5.41) is 0. The monoisotopic (exact) mass is 242 g/mol. The lowest BCUT2D eigenvalue weighted by atomic mass is 10.0. The summed E-state index contributed by atoms with van der Waals surface area (Å²) in [7, 11) is 0. The molecule has 0 aromatic carbocycles. The molecule has 98 valence electrons. The van der Waals surface area contributed by atoms with E-state index >= 15 is 0 Å². The van der Waals surface area contributed by atoms with Gasteiger partial charge in [0.15, 0.2) is 0 Å². The van der Waals surface area contributed by atoms with E-state index in [1.165, 1.54) is 0 Å². The highest BCUT2D eigenvalue weighted by atomic mass is 16.6. The number of rotatable bonds is 2. The summed E-state index contributed by atoms with van der Waals surface area (Å²) >= 11 is 0. The lowest BCUT2D eigenvalue weighted by molar-refractivity contribution is -0.163. The maximum absolute atomic E-state index is 12.2. The Morgan fingerprint density at radius 3 is 2.82 bits per heavy atom.